The lowest BCUT2D eigenvalue weighted by Crippen LogP contribution is -2.37. The number of carbonyl (C=O) groups is 2. The minimum atomic E-state index is -0.436. The highest BCUT2D eigenvalue weighted by Crippen LogP contribution is 2.39. The van der Waals surface area contributed by atoms with E-state index in [1.807, 2.05) is 29.2 Å². The van der Waals surface area contributed by atoms with Crippen molar-refractivity contribution in [1.29, 1.82) is 0 Å². The van der Waals surface area contributed by atoms with E-state index in [9.17, 15) is 9.59 Å². The van der Waals surface area contributed by atoms with Crippen LogP contribution in [0.25, 0.3) is 0 Å². The van der Waals surface area contributed by atoms with Crippen molar-refractivity contribution in [2.45, 2.75) is 32.2 Å². The number of ether oxygens (including phenoxy) is 1. The molecule has 132 valence electrons. The predicted octanol–water partition coefficient (Wildman–Crippen LogP) is 1.49. The number of rotatable bonds is 8. The molecule has 1 aromatic carbocycles. The van der Waals surface area contributed by atoms with Crippen LogP contribution in [0.15, 0.2) is 24.3 Å². The van der Waals surface area contributed by atoms with Gasteiger partial charge in [-0.3, -0.25) is 9.59 Å². The van der Waals surface area contributed by atoms with Crippen LogP contribution in [0.3, 0.4) is 0 Å². The second-order valence-corrected chi connectivity index (χ2v) is 5.98. The molecule has 24 heavy (non-hydrogen) atoms. The Hall–Kier alpha value is -2.08. The van der Waals surface area contributed by atoms with Crippen molar-refractivity contribution in [2.24, 2.45) is 5.92 Å². The highest BCUT2D eigenvalue weighted by Gasteiger charge is 2.43. The van der Waals surface area contributed by atoms with Crippen molar-refractivity contribution < 1.29 is 19.4 Å². The van der Waals surface area contributed by atoms with Gasteiger partial charge in [-0.25, -0.2) is 0 Å². The highest BCUT2D eigenvalue weighted by atomic mass is 16.5. The zero-order chi connectivity index (χ0) is 17.5. The zero-order valence-electron chi connectivity index (χ0n) is 14.3. The van der Waals surface area contributed by atoms with Crippen molar-refractivity contribution in [1.82, 2.24) is 10.2 Å². The molecule has 0 aliphatic carbocycles. The van der Waals surface area contributed by atoms with Crippen LogP contribution in [0.5, 0.6) is 5.75 Å². The number of nitrogens with one attached hydrogen (secondary N) is 1. The third-order valence-corrected chi connectivity index (χ3v) is 4.39. The lowest BCUT2D eigenvalue weighted by molar-refractivity contribution is -0.129. The first kappa shape index (κ1) is 18.3. The third kappa shape index (κ3) is 4.06. The second-order valence-electron chi connectivity index (χ2n) is 5.98. The van der Waals surface area contributed by atoms with Crippen molar-refractivity contribution in [2.75, 3.05) is 26.8 Å². The summed E-state index contributed by atoms with van der Waals surface area (Å²) in [7, 11) is 1.60. The molecule has 2 amide bonds. The van der Waals surface area contributed by atoms with Gasteiger partial charge in [-0.2, -0.15) is 0 Å². The molecule has 1 fully saturated rings. The molecule has 0 radical (unpaired) electrons. The van der Waals surface area contributed by atoms with E-state index in [2.05, 4.69) is 12.2 Å². The van der Waals surface area contributed by atoms with Gasteiger partial charge < -0.3 is 20.1 Å². The predicted molar refractivity (Wildman–Crippen MR) is 90.6 cm³/mol. The summed E-state index contributed by atoms with van der Waals surface area (Å²) in [4.78, 5) is 26.7. The van der Waals surface area contributed by atoms with E-state index in [0.717, 1.165) is 24.2 Å². The average molecular weight is 334 g/mol. The molecule has 6 nitrogen and oxygen atoms in total. The van der Waals surface area contributed by atoms with E-state index >= 15 is 0 Å². The first-order valence-electron chi connectivity index (χ1n) is 8.44. The monoisotopic (exact) mass is 334 g/mol. The maximum atomic E-state index is 12.5. The minimum Gasteiger partial charge on any atom is -0.497 e. The number of nitrogens with zero attached hydrogens (tertiary/aromatic N) is 1. The number of carbonyl (C=O) groups excluding carboxylic acids is 2. The Morgan fingerprint density at radius 3 is 2.67 bits per heavy atom. The van der Waals surface area contributed by atoms with Crippen LogP contribution in [0.4, 0.5) is 0 Å². The Kier molecular flexibility index (Phi) is 6.61. The topological polar surface area (TPSA) is 78.9 Å². The van der Waals surface area contributed by atoms with Gasteiger partial charge in [-0.1, -0.05) is 25.5 Å². The molecule has 0 bridgehead atoms. The Bertz CT molecular complexity index is 559. The van der Waals surface area contributed by atoms with Crippen LogP contribution < -0.4 is 10.1 Å². The number of methoxy groups -OCH3 is 1. The SMILES string of the molecule is CCCCN1C(=O)CC(C(=O)NCCO)C1c1ccc(OC)cc1. The fraction of sp³-hybridized carbons (Fsp3) is 0.556. The first-order chi connectivity index (χ1) is 11.6. The van der Waals surface area contributed by atoms with Gasteiger partial charge in [-0.05, 0) is 24.1 Å². The second kappa shape index (κ2) is 8.68. The van der Waals surface area contributed by atoms with Gasteiger partial charge in [0.25, 0.3) is 0 Å². The van der Waals surface area contributed by atoms with Crippen molar-refractivity contribution in [3.8, 4) is 5.75 Å². The summed E-state index contributed by atoms with van der Waals surface area (Å²) in [6, 6.07) is 7.24. The molecule has 0 spiro atoms. The summed E-state index contributed by atoms with van der Waals surface area (Å²) in [5.41, 5.74) is 0.932. The Labute approximate surface area is 142 Å². The minimum absolute atomic E-state index is 0.00779. The molecular weight excluding hydrogens is 308 g/mol. The van der Waals surface area contributed by atoms with Gasteiger partial charge in [0, 0.05) is 19.5 Å². The number of aliphatic hydroxyl groups excluding tert-OH is 1. The summed E-state index contributed by atoms with van der Waals surface area (Å²) in [6.45, 7) is 2.82. The van der Waals surface area contributed by atoms with Crippen LogP contribution in [-0.2, 0) is 9.59 Å². The van der Waals surface area contributed by atoms with Crippen molar-refractivity contribution in [3.63, 3.8) is 0 Å². The van der Waals surface area contributed by atoms with Crippen LogP contribution in [-0.4, -0.2) is 48.6 Å². The van der Waals surface area contributed by atoms with E-state index in [1.54, 1.807) is 7.11 Å². The van der Waals surface area contributed by atoms with Crippen molar-refractivity contribution in [3.05, 3.63) is 29.8 Å². The molecule has 2 rings (SSSR count). The maximum absolute atomic E-state index is 12.5. The largest absolute Gasteiger partial charge is 0.497 e. The molecular formula is C18H26N2O4. The number of hydrogen-bond donors (Lipinski definition) is 2. The Morgan fingerprint density at radius 2 is 2.08 bits per heavy atom. The van der Waals surface area contributed by atoms with Gasteiger partial charge in [0.2, 0.25) is 11.8 Å². The van der Waals surface area contributed by atoms with Crippen LogP contribution in [0.1, 0.15) is 37.8 Å². The zero-order valence-corrected chi connectivity index (χ0v) is 14.3. The van der Waals surface area contributed by atoms with Gasteiger partial charge >= 0.3 is 0 Å². The van der Waals surface area contributed by atoms with Gasteiger partial charge in [0.1, 0.15) is 5.75 Å². The lowest BCUT2D eigenvalue weighted by Gasteiger charge is -2.28. The van der Waals surface area contributed by atoms with E-state index in [1.165, 1.54) is 0 Å². The highest BCUT2D eigenvalue weighted by molar-refractivity contribution is 5.90. The fourth-order valence-corrected chi connectivity index (χ4v) is 3.14. The Morgan fingerprint density at radius 1 is 1.38 bits per heavy atom. The summed E-state index contributed by atoms with van der Waals surface area (Å²) in [5.74, 6) is 0.129. The van der Waals surface area contributed by atoms with Crippen molar-refractivity contribution >= 4 is 11.8 Å². The number of likely N-dealkylation sites (tertiary alicyclic amines) is 1. The van der Waals surface area contributed by atoms with Gasteiger partial charge in [-0.15, -0.1) is 0 Å². The molecule has 6 heteroatoms. The Balaban J connectivity index is 2.27. The lowest BCUT2D eigenvalue weighted by atomic mass is 9.92. The summed E-state index contributed by atoms with van der Waals surface area (Å²) in [5, 5.41) is 11.6. The van der Waals surface area contributed by atoms with Crippen LogP contribution in [0, 0.1) is 5.92 Å². The molecule has 1 aliphatic heterocycles. The maximum Gasteiger partial charge on any atom is 0.226 e. The van der Waals surface area contributed by atoms with E-state index in [-0.39, 0.29) is 37.4 Å². The van der Waals surface area contributed by atoms with Gasteiger partial charge in [0.15, 0.2) is 0 Å². The fourth-order valence-electron chi connectivity index (χ4n) is 3.14. The smallest absolute Gasteiger partial charge is 0.226 e. The third-order valence-electron chi connectivity index (χ3n) is 4.39. The standard InChI is InChI=1S/C18H26N2O4/c1-3-4-10-20-16(22)12-15(18(23)19-9-11-21)17(20)13-5-7-14(24-2)8-6-13/h5-8,15,17,21H,3-4,9-12H2,1-2H3,(H,19,23). The number of amides is 2. The van der Waals surface area contributed by atoms with Crippen LogP contribution >= 0.6 is 0 Å². The molecule has 0 aromatic heterocycles. The van der Waals surface area contributed by atoms with Crippen LogP contribution in [0.2, 0.25) is 0 Å². The average Bonchev–Trinajstić information content (AvgIpc) is 2.94. The number of unbranched alkanes of at least 4 members (excludes halogenated alkanes) is 1. The normalized spacial score (nSPS) is 20.3. The molecule has 1 saturated heterocycles. The summed E-state index contributed by atoms with van der Waals surface area (Å²) >= 11 is 0. The molecule has 1 aliphatic rings. The molecule has 2 unspecified atom stereocenters. The number of hydrogen-bond acceptors (Lipinski definition) is 4. The van der Waals surface area contributed by atoms with Gasteiger partial charge in [0.05, 0.1) is 25.7 Å². The summed E-state index contributed by atoms with van der Waals surface area (Å²) in [6.07, 6.45) is 2.10. The molecule has 1 heterocycles. The number of benzene rings is 1. The molecule has 1 aromatic rings. The molecule has 0 saturated carbocycles. The molecule has 2 atom stereocenters. The first-order valence-corrected chi connectivity index (χ1v) is 8.44. The number of aliphatic hydroxyl groups is 1. The van der Waals surface area contributed by atoms with E-state index in [0.29, 0.717) is 6.54 Å². The molecule has 2 N–H and O–H groups in total. The summed E-state index contributed by atoms with van der Waals surface area (Å²) < 4.78 is 5.18. The van der Waals surface area contributed by atoms with E-state index in [4.69, 9.17) is 9.84 Å². The quantitative estimate of drug-likeness (QED) is 0.755. The van der Waals surface area contributed by atoms with E-state index < -0.39 is 5.92 Å².